The Balaban J connectivity index is 1.65. The van der Waals surface area contributed by atoms with Gasteiger partial charge in [0.15, 0.2) is 17.1 Å². The SMILES string of the molecule is COc1cc(-n2c(N)c(C(=O)NCCc3ccccc3)c3nc4ccccc4nc32)cc(OC)c1OC. The zero-order chi connectivity index (χ0) is 25.9. The number of nitrogens with two attached hydrogens (primary N) is 1. The predicted molar refractivity (Wildman–Crippen MR) is 143 cm³/mol. The number of ether oxygens (including phenoxy) is 3. The number of fused-ring (bicyclic) bond motifs is 2. The zero-order valence-corrected chi connectivity index (χ0v) is 20.8. The Labute approximate surface area is 213 Å². The van der Waals surface area contributed by atoms with Crippen molar-refractivity contribution in [1.82, 2.24) is 19.9 Å². The minimum absolute atomic E-state index is 0.205. The summed E-state index contributed by atoms with van der Waals surface area (Å²) in [4.78, 5) is 23.1. The average Bonchev–Trinajstić information content (AvgIpc) is 3.21. The van der Waals surface area contributed by atoms with Crippen LogP contribution >= 0.6 is 0 Å². The molecular weight excluding hydrogens is 470 g/mol. The smallest absolute Gasteiger partial charge is 0.257 e. The number of nitrogens with zero attached hydrogens (tertiary/aromatic N) is 3. The highest BCUT2D eigenvalue weighted by molar-refractivity contribution is 6.11. The van der Waals surface area contributed by atoms with Crippen LogP contribution in [0.5, 0.6) is 17.2 Å². The Kier molecular flexibility index (Phi) is 6.51. The van der Waals surface area contributed by atoms with Gasteiger partial charge in [-0.15, -0.1) is 0 Å². The van der Waals surface area contributed by atoms with E-state index in [1.807, 2.05) is 54.6 Å². The maximum Gasteiger partial charge on any atom is 0.257 e. The highest BCUT2D eigenvalue weighted by Crippen LogP contribution is 2.41. The maximum atomic E-state index is 13.5. The van der Waals surface area contributed by atoms with E-state index in [0.29, 0.717) is 58.1 Å². The lowest BCUT2D eigenvalue weighted by Crippen LogP contribution is -2.26. The predicted octanol–water partition coefficient (Wildman–Crippen LogP) is 4.15. The zero-order valence-electron chi connectivity index (χ0n) is 20.8. The Morgan fingerprint density at radius 1 is 0.892 bits per heavy atom. The van der Waals surface area contributed by atoms with Crippen molar-refractivity contribution in [2.45, 2.75) is 6.42 Å². The number of aromatic nitrogens is 3. The molecule has 0 spiro atoms. The molecule has 0 atom stereocenters. The molecule has 1 amide bonds. The van der Waals surface area contributed by atoms with E-state index in [4.69, 9.17) is 29.9 Å². The molecule has 2 aromatic heterocycles. The second-order valence-corrected chi connectivity index (χ2v) is 8.36. The van der Waals surface area contributed by atoms with E-state index in [-0.39, 0.29) is 17.3 Å². The fourth-order valence-electron chi connectivity index (χ4n) is 4.40. The molecule has 2 heterocycles. The monoisotopic (exact) mass is 497 g/mol. The van der Waals surface area contributed by atoms with Crippen molar-refractivity contribution in [3.05, 3.63) is 77.9 Å². The summed E-state index contributed by atoms with van der Waals surface area (Å²) in [5.74, 6) is 1.21. The number of anilines is 1. The van der Waals surface area contributed by atoms with E-state index in [1.165, 1.54) is 21.3 Å². The van der Waals surface area contributed by atoms with Crippen molar-refractivity contribution < 1.29 is 19.0 Å². The first kappa shape index (κ1) is 23.9. The van der Waals surface area contributed by atoms with Gasteiger partial charge in [0, 0.05) is 18.7 Å². The van der Waals surface area contributed by atoms with Gasteiger partial charge in [-0.05, 0) is 24.1 Å². The third-order valence-corrected chi connectivity index (χ3v) is 6.17. The molecule has 0 saturated carbocycles. The second kappa shape index (κ2) is 10.1. The van der Waals surface area contributed by atoms with Crippen LogP contribution in [-0.2, 0) is 6.42 Å². The number of benzene rings is 3. The highest BCUT2D eigenvalue weighted by atomic mass is 16.5. The number of rotatable bonds is 8. The van der Waals surface area contributed by atoms with E-state index >= 15 is 0 Å². The summed E-state index contributed by atoms with van der Waals surface area (Å²) in [5, 5.41) is 2.99. The van der Waals surface area contributed by atoms with Crippen molar-refractivity contribution in [3.8, 4) is 22.9 Å². The minimum atomic E-state index is -0.325. The molecule has 5 aromatic rings. The summed E-state index contributed by atoms with van der Waals surface area (Å²) in [6, 6.07) is 20.9. The lowest BCUT2D eigenvalue weighted by atomic mass is 10.1. The maximum absolute atomic E-state index is 13.5. The first-order chi connectivity index (χ1) is 18.0. The highest BCUT2D eigenvalue weighted by Gasteiger charge is 2.26. The average molecular weight is 498 g/mol. The molecule has 3 N–H and O–H groups in total. The van der Waals surface area contributed by atoms with Crippen LogP contribution in [0.1, 0.15) is 15.9 Å². The number of nitrogen functional groups attached to an aromatic ring is 1. The van der Waals surface area contributed by atoms with Gasteiger partial charge < -0.3 is 25.3 Å². The summed E-state index contributed by atoms with van der Waals surface area (Å²) in [6.45, 7) is 0.445. The fourth-order valence-corrected chi connectivity index (χ4v) is 4.40. The van der Waals surface area contributed by atoms with Crippen molar-refractivity contribution in [3.63, 3.8) is 0 Å². The van der Waals surface area contributed by atoms with Gasteiger partial charge in [0.25, 0.3) is 5.91 Å². The Morgan fingerprint density at radius 2 is 1.51 bits per heavy atom. The molecule has 0 aliphatic carbocycles. The van der Waals surface area contributed by atoms with Gasteiger partial charge in [0.1, 0.15) is 16.9 Å². The summed E-state index contributed by atoms with van der Waals surface area (Å²) in [5.41, 5.74) is 10.8. The molecule has 5 rings (SSSR count). The number of para-hydroxylation sites is 2. The molecular formula is C28H27N5O4. The van der Waals surface area contributed by atoms with Crippen LogP contribution < -0.4 is 25.3 Å². The van der Waals surface area contributed by atoms with E-state index < -0.39 is 0 Å². The molecule has 0 bridgehead atoms. The third kappa shape index (κ3) is 4.35. The van der Waals surface area contributed by atoms with Gasteiger partial charge in [0.05, 0.1) is 38.1 Å². The van der Waals surface area contributed by atoms with Crippen molar-refractivity contribution in [2.75, 3.05) is 33.6 Å². The van der Waals surface area contributed by atoms with Crippen LogP contribution in [0.3, 0.4) is 0 Å². The molecule has 0 fully saturated rings. The summed E-state index contributed by atoms with van der Waals surface area (Å²) in [7, 11) is 4.61. The van der Waals surface area contributed by atoms with Crippen molar-refractivity contribution in [2.24, 2.45) is 0 Å². The van der Waals surface area contributed by atoms with Crippen LogP contribution in [0.4, 0.5) is 5.82 Å². The molecule has 0 unspecified atom stereocenters. The minimum Gasteiger partial charge on any atom is -0.493 e. The largest absolute Gasteiger partial charge is 0.493 e. The second-order valence-electron chi connectivity index (χ2n) is 8.36. The lowest BCUT2D eigenvalue weighted by molar-refractivity contribution is 0.0956. The molecule has 0 saturated heterocycles. The first-order valence-corrected chi connectivity index (χ1v) is 11.7. The first-order valence-electron chi connectivity index (χ1n) is 11.7. The van der Waals surface area contributed by atoms with Crippen molar-refractivity contribution >= 4 is 33.9 Å². The Morgan fingerprint density at radius 3 is 2.14 bits per heavy atom. The van der Waals surface area contributed by atoms with Crippen LogP contribution in [-0.4, -0.2) is 48.3 Å². The van der Waals surface area contributed by atoms with Gasteiger partial charge in [-0.1, -0.05) is 42.5 Å². The molecule has 0 aliphatic heterocycles. The number of nitrogens with one attached hydrogen (secondary N) is 1. The normalized spacial score (nSPS) is 11.0. The molecule has 9 heteroatoms. The van der Waals surface area contributed by atoms with Crippen LogP contribution in [0.25, 0.3) is 27.9 Å². The van der Waals surface area contributed by atoms with E-state index in [1.54, 1.807) is 16.7 Å². The topological polar surface area (TPSA) is 114 Å². The molecule has 0 aliphatic rings. The Bertz CT molecular complexity index is 1570. The quantitative estimate of drug-likeness (QED) is 0.331. The van der Waals surface area contributed by atoms with Gasteiger partial charge in [-0.2, -0.15) is 0 Å². The van der Waals surface area contributed by atoms with Crippen LogP contribution in [0, 0.1) is 0 Å². The number of hydrogen-bond acceptors (Lipinski definition) is 7. The van der Waals surface area contributed by atoms with E-state index in [2.05, 4.69) is 5.32 Å². The number of methoxy groups -OCH3 is 3. The van der Waals surface area contributed by atoms with Crippen molar-refractivity contribution in [1.29, 1.82) is 0 Å². The van der Waals surface area contributed by atoms with Gasteiger partial charge in [-0.25, -0.2) is 9.97 Å². The van der Waals surface area contributed by atoms with E-state index in [0.717, 1.165) is 5.56 Å². The Hall–Kier alpha value is -4.79. The summed E-state index contributed by atoms with van der Waals surface area (Å²) >= 11 is 0. The summed E-state index contributed by atoms with van der Waals surface area (Å²) in [6.07, 6.45) is 0.687. The molecule has 3 aromatic carbocycles. The van der Waals surface area contributed by atoms with Crippen LogP contribution in [0.2, 0.25) is 0 Å². The molecule has 9 nitrogen and oxygen atoms in total. The van der Waals surface area contributed by atoms with Gasteiger partial charge in [0.2, 0.25) is 5.75 Å². The standard InChI is InChI=1S/C28H27N5O4/c1-35-21-15-18(16-22(36-2)25(21)37-3)33-26(29)23(28(34)30-14-13-17-9-5-4-6-10-17)24-27(33)32-20-12-8-7-11-19(20)31-24/h4-12,15-16H,13-14,29H2,1-3H3,(H,30,34). The third-order valence-electron chi connectivity index (χ3n) is 6.17. The molecule has 37 heavy (non-hydrogen) atoms. The fraction of sp³-hybridized carbons (Fsp3) is 0.179. The number of amides is 1. The number of carbonyl (C=O) groups is 1. The summed E-state index contributed by atoms with van der Waals surface area (Å²) < 4.78 is 18.2. The molecule has 188 valence electrons. The number of carbonyl (C=O) groups excluding carboxylic acids is 1. The van der Waals surface area contributed by atoms with Crippen LogP contribution in [0.15, 0.2) is 66.7 Å². The molecule has 0 radical (unpaired) electrons. The lowest BCUT2D eigenvalue weighted by Gasteiger charge is -2.16. The van der Waals surface area contributed by atoms with Gasteiger partial charge >= 0.3 is 0 Å². The van der Waals surface area contributed by atoms with E-state index in [9.17, 15) is 4.79 Å². The van der Waals surface area contributed by atoms with Gasteiger partial charge in [-0.3, -0.25) is 9.36 Å². The number of hydrogen-bond donors (Lipinski definition) is 2.